The van der Waals surface area contributed by atoms with Gasteiger partial charge in [-0.15, -0.1) is 0 Å². The Morgan fingerprint density at radius 1 is 1.19 bits per heavy atom. The zero-order valence-corrected chi connectivity index (χ0v) is 17.7. The van der Waals surface area contributed by atoms with Crippen LogP contribution in [0, 0.1) is 0 Å². The molecule has 0 fully saturated rings. The van der Waals surface area contributed by atoms with E-state index in [-0.39, 0.29) is 10.9 Å². The van der Waals surface area contributed by atoms with Crippen molar-refractivity contribution in [3.05, 3.63) is 70.8 Å². The highest BCUT2D eigenvalue weighted by Gasteiger charge is 2.25. The van der Waals surface area contributed by atoms with Crippen LogP contribution in [0.1, 0.15) is 24.1 Å². The standard InChI is InChI=1S/C19H17ClN6O4S/c1-11(18(27)28)23-31(29,30)15-8-4-12(5-9-15)16-10-17(13-2-6-14(20)7-3-13)26-19(21-16)22-24-25-26/h2-11,17,23H,1H3,(H,27,28)(H,21,22,25)/t11-,17+/m0/s1. The Kier molecular flexibility index (Phi) is 5.48. The van der Waals surface area contributed by atoms with E-state index in [0.717, 1.165) is 5.56 Å². The minimum atomic E-state index is -3.97. The maximum Gasteiger partial charge on any atom is 0.321 e. The summed E-state index contributed by atoms with van der Waals surface area (Å²) < 4.78 is 28.5. The number of carboxylic acid groups (broad SMARTS) is 1. The number of tetrazole rings is 1. The van der Waals surface area contributed by atoms with E-state index in [4.69, 9.17) is 16.7 Å². The van der Waals surface area contributed by atoms with E-state index in [0.29, 0.717) is 22.2 Å². The van der Waals surface area contributed by atoms with Crippen LogP contribution in [0.3, 0.4) is 0 Å². The Morgan fingerprint density at radius 3 is 2.52 bits per heavy atom. The second-order valence-electron chi connectivity index (χ2n) is 6.85. The lowest BCUT2D eigenvalue weighted by molar-refractivity contribution is -0.138. The van der Waals surface area contributed by atoms with E-state index >= 15 is 0 Å². The smallest absolute Gasteiger partial charge is 0.321 e. The molecule has 0 spiro atoms. The van der Waals surface area contributed by atoms with E-state index in [1.807, 2.05) is 18.2 Å². The highest BCUT2D eigenvalue weighted by molar-refractivity contribution is 7.89. The molecule has 0 saturated carbocycles. The first-order chi connectivity index (χ1) is 14.7. The molecule has 2 heterocycles. The highest BCUT2D eigenvalue weighted by atomic mass is 35.5. The normalized spacial score (nSPS) is 16.7. The lowest BCUT2D eigenvalue weighted by Crippen LogP contribution is -2.38. The third-order valence-electron chi connectivity index (χ3n) is 4.72. The maximum absolute atomic E-state index is 12.4. The average molecular weight is 461 g/mol. The van der Waals surface area contributed by atoms with Gasteiger partial charge in [-0.2, -0.15) is 9.40 Å². The van der Waals surface area contributed by atoms with Gasteiger partial charge in [-0.05, 0) is 58.8 Å². The Bertz CT molecular complexity index is 1260. The second kappa shape index (κ2) is 8.10. The summed E-state index contributed by atoms with van der Waals surface area (Å²) in [6.45, 7) is 1.26. The van der Waals surface area contributed by atoms with E-state index < -0.39 is 22.0 Å². The number of hydrogen-bond donors (Lipinski definition) is 3. The third-order valence-corrected chi connectivity index (χ3v) is 6.53. The van der Waals surface area contributed by atoms with Gasteiger partial charge in [0, 0.05) is 10.7 Å². The minimum absolute atomic E-state index is 0.0418. The van der Waals surface area contributed by atoms with Gasteiger partial charge in [-0.25, -0.2) is 8.42 Å². The van der Waals surface area contributed by atoms with Crippen LogP contribution in [-0.4, -0.2) is 45.7 Å². The predicted octanol–water partition coefficient (Wildman–Crippen LogP) is 2.13. The van der Waals surface area contributed by atoms with E-state index in [1.165, 1.54) is 19.1 Å². The number of hydrogen-bond acceptors (Lipinski definition) is 7. The molecule has 12 heteroatoms. The number of carbonyl (C=O) groups is 1. The van der Waals surface area contributed by atoms with Crippen LogP contribution in [0.4, 0.5) is 5.95 Å². The number of sulfonamides is 1. The van der Waals surface area contributed by atoms with Gasteiger partial charge >= 0.3 is 5.97 Å². The molecule has 1 aromatic heterocycles. The molecule has 2 aromatic carbocycles. The summed E-state index contributed by atoms with van der Waals surface area (Å²) >= 11 is 5.99. The quantitative estimate of drug-likeness (QED) is 0.508. The van der Waals surface area contributed by atoms with Crippen LogP contribution in [0.2, 0.25) is 5.02 Å². The van der Waals surface area contributed by atoms with E-state index in [2.05, 4.69) is 25.6 Å². The number of rotatable bonds is 6. The molecule has 160 valence electrons. The van der Waals surface area contributed by atoms with Crippen molar-refractivity contribution in [2.75, 3.05) is 5.32 Å². The molecule has 4 rings (SSSR count). The Morgan fingerprint density at radius 2 is 1.87 bits per heavy atom. The van der Waals surface area contributed by atoms with Gasteiger partial charge in [0.25, 0.3) is 0 Å². The molecule has 2 atom stereocenters. The summed E-state index contributed by atoms with van der Waals surface area (Å²) in [5, 5.41) is 24.4. The lowest BCUT2D eigenvalue weighted by Gasteiger charge is -2.23. The van der Waals surface area contributed by atoms with Crippen LogP contribution in [0.15, 0.2) is 59.5 Å². The van der Waals surface area contributed by atoms with E-state index in [1.54, 1.807) is 28.9 Å². The lowest BCUT2D eigenvalue weighted by atomic mass is 10.0. The molecule has 1 aliphatic rings. The van der Waals surface area contributed by atoms with Crippen molar-refractivity contribution in [3.8, 4) is 0 Å². The summed E-state index contributed by atoms with van der Waals surface area (Å²) in [6.07, 6.45) is 1.92. The van der Waals surface area contributed by atoms with Crippen molar-refractivity contribution in [1.29, 1.82) is 0 Å². The van der Waals surface area contributed by atoms with Crippen LogP contribution in [-0.2, 0) is 14.8 Å². The number of halogens is 1. The van der Waals surface area contributed by atoms with Gasteiger partial charge < -0.3 is 10.4 Å². The maximum atomic E-state index is 12.4. The van der Waals surface area contributed by atoms with Crippen LogP contribution >= 0.6 is 11.6 Å². The number of nitrogens with one attached hydrogen (secondary N) is 2. The number of aromatic nitrogens is 4. The SMILES string of the molecule is C[C@H](NS(=O)(=O)c1ccc(C2=C[C@H](c3ccc(Cl)cc3)n3nnnc3N2)cc1)C(=O)O. The molecule has 0 radical (unpaired) electrons. The first kappa shape index (κ1) is 21.0. The number of allylic oxidation sites excluding steroid dienone is 1. The number of nitrogens with zero attached hydrogens (tertiary/aromatic N) is 4. The van der Waals surface area contributed by atoms with Crippen molar-refractivity contribution < 1.29 is 18.3 Å². The van der Waals surface area contributed by atoms with Gasteiger partial charge in [0.1, 0.15) is 12.1 Å². The molecular weight excluding hydrogens is 444 g/mol. The molecule has 10 nitrogen and oxygen atoms in total. The van der Waals surface area contributed by atoms with E-state index in [9.17, 15) is 13.2 Å². The van der Waals surface area contributed by atoms with Gasteiger partial charge in [0.15, 0.2) is 0 Å². The number of benzene rings is 2. The average Bonchev–Trinajstić information content (AvgIpc) is 3.22. The second-order valence-corrected chi connectivity index (χ2v) is 9.00. The van der Waals surface area contributed by atoms with Crippen molar-refractivity contribution in [3.63, 3.8) is 0 Å². The number of fused-ring (bicyclic) bond motifs is 1. The molecular formula is C19H17ClN6O4S. The first-order valence-corrected chi connectivity index (χ1v) is 11.0. The van der Waals surface area contributed by atoms with Gasteiger partial charge in [0.2, 0.25) is 16.0 Å². The summed E-state index contributed by atoms with van der Waals surface area (Å²) in [5.74, 6) is -0.825. The van der Waals surface area contributed by atoms with Crippen molar-refractivity contribution in [2.24, 2.45) is 0 Å². The van der Waals surface area contributed by atoms with Crippen LogP contribution in [0.25, 0.3) is 5.70 Å². The van der Waals surface area contributed by atoms with Gasteiger partial charge in [0.05, 0.1) is 4.90 Å². The molecule has 3 N–H and O–H groups in total. The molecule has 0 aliphatic carbocycles. The Hall–Kier alpha value is -3.28. The van der Waals surface area contributed by atoms with Crippen molar-refractivity contribution >= 4 is 39.2 Å². The number of anilines is 1. The fourth-order valence-corrected chi connectivity index (χ4v) is 4.41. The Balaban J connectivity index is 1.65. The van der Waals surface area contributed by atoms with Crippen LogP contribution < -0.4 is 10.0 Å². The molecule has 31 heavy (non-hydrogen) atoms. The molecule has 0 amide bonds. The Labute approximate surface area is 182 Å². The van der Waals surface area contributed by atoms with Gasteiger partial charge in [-0.1, -0.05) is 41.0 Å². The molecule has 1 aliphatic heterocycles. The van der Waals surface area contributed by atoms with Crippen molar-refractivity contribution in [2.45, 2.75) is 23.9 Å². The predicted molar refractivity (Wildman–Crippen MR) is 113 cm³/mol. The zero-order valence-electron chi connectivity index (χ0n) is 16.1. The summed E-state index contributed by atoms with van der Waals surface area (Å²) in [4.78, 5) is 10.9. The summed E-state index contributed by atoms with van der Waals surface area (Å²) in [5.41, 5.74) is 2.32. The minimum Gasteiger partial charge on any atom is -0.480 e. The highest BCUT2D eigenvalue weighted by Crippen LogP contribution is 2.32. The number of aliphatic carboxylic acids is 1. The molecule has 0 bridgehead atoms. The first-order valence-electron chi connectivity index (χ1n) is 9.12. The summed E-state index contributed by atoms with van der Waals surface area (Å²) in [6, 6.07) is 11.8. The fraction of sp³-hybridized carbons (Fsp3) is 0.158. The monoisotopic (exact) mass is 460 g/mol. The number of carboxylic acids is 1. The zero-order chi connectivity index (χ0) is 22.2. The molecule has 3 aromatic rings. The third kappa shape index (κ3) is 4.29. The topological polar surface area (TPSA) is 139 Å². The fourth-order valence-electron chi connectivity index (χ4n) is 3.08. The van der Waals surface area contributed by atoms with Crippen molar-refractivity contribution in [1.82, 2.24) is 24.9 Å². The molecule has 0 unspecified atom stereocenters. The molecule has 0 saturated heterocycles. The van der Waals surface area contributed by atoms with Gasteiger partial charge in [-0.3, -0.25) is 4.79 Å². The van der Waals surface area contributed by atoms with Crippen LogP contribution in [0.5, 0.6) is 0 Å². The summed E-state index contributed by atoms with van der Waals surface area (Å²) in [7, 11) is -3.97. The largest absolute Gasteiger partial charge is 0.480 e.